The second kappa shape index (κ2) is 8.43. The van der Waals surface area contributed by atoms with E-state index in [1.165, 1.54) is 22.3 Å². The van der Waals surface area contributed by atoms with Gasteiger partial charge in [-0.05, 0) is 39.5 Å². The van der Waals surface area contributed by atoms with Crippen molar-refractivity contribution in [1.82, 2.24) is 10.6 Å². The van der Waals surface area contributed by atoms with Crippen LogP contribution in [0.3, 0.4) is 0 Å². The Kier molecular flexibility index (Phi) is 6.28. The van der Waals surface area contributed by atoms with Gasteiger partial charge in [-0.15, -0.1) is 0 Å². The fourth-order valence-electron chi connectivity index (χ4n) is 4.37. The molecular weight excluding hydrogens is 370 g/mol. The smallest absolute Gasteiger partial charge is 0.312 e. The molecule has 2 atom stereocenters. The van der Waals surface area contributed by atoms with Gasteiger partial charge in [-0.25, -0.2) is 4.79 Å². The van der Waals surface area contributed by atoms with Gasteiger partial charge in [0, 0.05) is 24.5 Å². The summed E-state index contributed by atoms with van der Waals surface area (Å²) in [5.74, 6) is 0.215. The lowest BCUT2D eigenvalue weighted by Gasteiger charge is -2.27. The summed E-state index contributed by atoms with van der Waals surface area (Å²) in [4.78, 5) is 11.3. The maximum Gasteiger partial charge on any atom is 0.312 e. The van der Waals surface area contributed by atoms with Gasteiger partial charge in [0.15, 0.2) is 0 Å². The highest BCUT2D eigenvalue weighted by atomic mass is 16.2. The molecule has 4 nitrogen and oxygen atoms in total. The molecule has 1 aliphatic heterocycles. The summed E-state index contributed by atoms with van der Waals surface area (Å²) in [5, 5.41) is 6.49. The summed E-state index contributed by atoms with van der Waals surface area (Å²) in [5.41, 5.74) is 10.9. The first-order valence-electron chi connectivity index (χ1n) is 11.0. The predicted octanol–water partition coefficient (Wildman–Crippen LogP) is 4.81. The van der Waals surface area contributed by atoms with Gasteiger partial charge >= 0.3 is 6.03 Å². The van der Waals surface area contributed by atoms with Crippen LogP contribution in [0.4, 0.5) is 4.79 Å². The van der Waals surface area contributed by atoms with Crippen LogP contribution in [0, 0.1) is 0 Å². The Bertz CT molecular complexity index is 800. The molecule has 0 spiro atoms. The van der Waals surface area contributed by atoms with E-state index < -0.39 is 6.03 Å². The van der Waals surface area contributed by atoms with Crippen LogP contribution in [0.15, 0.2) is 48.5 Å². The molecule has 162 valence electrons. The van der Waals surface area contributed by atoms with Gasteiger partial charge < -0.3 is 16.4 Å². The van der Waals surface area contributed by atoms with E-state index >= 15 is 0 Å². The van der Waals surface area contributed by atoms with Crippen LogP contribution in [0.2, 0.25) is 0 Å². The van der Waals surface area contributed by atoms with Gasteiger partial charge in [0.05, 0.1) is 0 Å². The van der Waals surface area contributed by atoms with Crippen LogP contribution < -0.4 is 16.4 Å². The van der Waals surface area contributed by atoms with Gasteiger partial charge in [0.2, 0.25) is 0 Å². The van der Waals surface area contributed by atoms with Crippen molar-refractivity contribution in [3.63, 3.8) is 0 Å². The molecule has 2 amide bonds. The Labute approximate surface area is 181 Å². The zero-order valence-corrected chi connectivity index (χ0v) is 19.3. The number of nitrogens with two attached hydrogens (primary N) is 1. The number of rotatable bonds is 4. The Morgan fingerprint density at radius 2 is 1.33 bits per heavy atom. The van der Waals surface area contributed by atoms with E-state index in [4.69, 9.17) is 5.73 Å². The molecule has 2 aromatic rings. The minimum Gasteiger partial charge on any atom is -0.352 e. The molecule has 3 rings (SSSR count). The first kappa shape index (κ1) is 22.4. The quantitative estimate of drug-likeness (QED) is 0.681. The maximum atomic E-state index is 11.3. The number of urea groups is 1. The summed E-state index contributed by atoms with van der Waals surface area (Å²) >= 11 is 0. The molecular formula is C26H37N3O. The SMILES string of the molecule is CC(C)(C)c1ccc(C(c2ccc(C(C)(C)C)cc2)[C@H]2C[C@@H](NC(N)=O)CN2)cc1. The van der Waals surface area contributed by atoms with Crippen molar-refractivity contribution in [3.8, 4) is 0 Å². The van der Waals surface area contributed by atoms with E-state index in [1.807, 2.05) is 0 Å². The van der Waals surface area contributed by atoms with Crippen molar-refractivity contribution in [2.24, 2.45) is 5.73 Å². The van der Waals surface area contributed by atoms with Crippen molar-refractivity contribution >= 4 is 6.03 Å². The van der Waals surface area contributed by atoms with Crippen LogP contribution in [-0.4, -0.2) is 24.7 Å². The van der Waals surface area contributed by atoms with Gasteiger partial charge in [-0.1, -0.05) is 90.1 Å². The Morgan fingerprint density at radius 1 is 0.900 bits per heavy atom. The van der Waals surface area contributed by atoms with E-state index in [0.717, 1.165) is 13.0 Å². The lowest BCUT2D eigenvalue weighted by atomic mass is 9.80. The van der Waals surface area contributed by atoms with Crippen molar-refractivity contribution < 1.29 is 4.79 Å². The van der Waals surface area contributed by atoms with E-state index in [0.29, 0.717) is 0 Å². The first-order valence-corrected chi connectivity index (χ1v) is 11.0. The molecule has 1 aliphatic rings. The van der Waals surface area contributed by atoms with E-state index in [2.05, 4.69) is 101 Å². The number of carbonyl (C=O) groups excluding carboxylic acids is 1. The molecule has 0 aliphatic carbocycles. The highest BCUT2D eigenvalue weighted by molar-refractivity contribution is 5.72. The first-order chi connectivity index (χ1) is 13.9. The molecule has 0 unspecified atom stereocenters. The number of primary amides is 1. The van der Waals surface area contributed by atoms with Crippen molar-refractivity contribution in [1.29, 1.82) is 0 Å². The predicted molar refractivity (Wildman–Crippen MR) is 125 cm³/mol. The van der Waals surface area contributed by atoms with Crippen LogP contribution in [0.1, 0.15) is 76.1 Å². The molecule has 1 fully saturated rings. The summed E-state index contributed by atoms with van der Waals surface area (Å²) in [6.45, 7) is 14.2. The fraction of sp³-hybridized carbons (Fsp3) is 0.500. The molecule has 0 saturated carbocycles. The van der Waals surface area contributed by atoms with Crippen LogP contribution in [-0.2, 0) is 10.8 Å². The Balaban J connectivity index is 1.94. The average molecular weight is 408 g/mol. The average Bonchev–Trinajstić information content (AvgIpc) is 3.08. The standard InChI is InChI=1S/C26H37N3O/c1-25(2,3)19-11-7-17(8-12-19)23(22-15-21(16-28-22)29-24(27)30)18-9-13-20(14-10-18)26(4,5)6/h7-14,21-23,28H,15-16H2,1-6H3,(H3,27,29,30)/t21-,22-/m1/s1. The number of carbonyl (C=O) groups is 1. The van der Waals surface area contributed by atoms with Gasteiger partial charge in [-0.3, -0.25) is 0 Å². The lowest BCUT2D eigenvalue weighted by molar-refractivity contribution is 0.246. The Morgan fingerprint density at radius 3 is 1.70 bits per heavy atom. The molecule has 4 N–H and O–H groups in total. The monoisotopic (exact) mass is 407 g/mol. The molecule has 4 heteroatoms. The summed E-state index contributed by atoms with van der Waals surface area (Å²) in [6.07, 6.45) is 0.857. The minimum atomic E-state index is -0.455. The van der Waals surface area contributed by atoms with Crippen molar-refractivity contribution in [2.45, 2.75) is 76.8 Å². The number of hydrogen-bond acceptors (Lipinski definition) is 2. The van der Waals surface area contributed by atoms with Crippen LogP contribution in [0.5, 0.6) is 0 Å². The maximum absolute atomic E-state index is 11.3. The summed E-state index contributed by atoms with van der Waals surface area (Å²) < 4.78 is 0. The topological polar surface area (TPSA) is 67.1 Å². The summed E-state index contributed by atoms with van der Waals surface area (Å²) in [7, 11) is 0. The largest absolute Gasteiger partial charge is 0.352 e. The Hall–Kier alpha value is -2.33. The van der Waals surface area contributed by atoms with Gasteiger partial charge in [0.25, 0.3) is 0 Å². The highest BCUT2D eigenvalue weighted by Crippen LogP contribution is 2.35. The lowest BCUT2D eigenvalue weighted by Crippen LogP contribution is -2.39. The second-order valence-electron chi connectivity index (χ2n) is 10.7. The zero-order valence-electron chi connectivity index (χ0n) is 19.3. The molecule has 0 bridgehead atoms. The molecule has 0 radical (unpaired) electrons. The van der Waals surface area contributed by atoms with E-state index in [1.54, 1.807) is 0 Å². The third-order valence-electron chi connectivity index (χ3n) is 6.19. The van der Waals surface area contributed by atoms with E-state index in [9.17, 15) is 4.79 Å². The van der Waals surface area contributed by atoms with Gasteiger partial charge in [0.1, 0.15) is 0 Å². The normalized spacial score (nSPS) is 19.8. The fourth-order valence-corrected chi connectivity index (χ4v) is 4.37. The molecule has 30 heavy (non-hydrogen) atoms. The number of amides is 2. The second-order valence-corrected chi connectivity index (χ2v) is 10.7. The number of benzene rings is 2. The summed E-state index contributed by atoms with van der Waals surface area (Å²) in [6, 6.07) is 17.9. The zero-order chi connectivity index (χ0) is 22.1. The third kappa shape index (κ3) is 5.23. The van der Waals surface area contributed by atoms with Crippen LogP contribution in [0.25, 0.3) is 0 Å². The molecule has 0 aromatic heterocycles. The number of hydrogen-bond donors (Lipinski definition) is 3. The van der Waals surface area contributed by atoms with Crippen molar-refractivity contribution in [3.05, 3.63) is 70.8 Å². The van der Waals surface area contributed by atoms with Crippen LogP contribution >= 0.6 is 0 Å². The van der Waals surface area contributed by atoms with Crippen molar-refractivity contribution in [2.75, 3.05) is 6.54 Å². The van der Waals surface area contributed by atoms with E-state index in [-0.39, 0.29) is 28.8 Å². The molecule has 2 aromatic carbocycles. The van der Waals surface area contributed by atoms with Gasteiger partial charge in [-0.2, -0.15) is 0 Å². The number of nitrogens with one attached hydrogen (secondary N) is 2. The molecule has 1 saturated heterocycles. The third-order valence-corrected chi connectivity index (χ3v) is 6.19. The molecule has 1 heterocycles. The highest BCUT2D eigenvalue weighted by Gasteiger charge is 2.33. The minimum absolute atomic E-state index is 0.0673.